The molecule has 2 aromatic carbocycles. The van der Waals surface area contributed by atoms with Crippen molar-refractivity contribution in [1.29, 1.82) is 0 Å². The molecule has 0 radical (unpaired) electrons. The first-order chi connectivity index (χ1) is 15.5. The van der Waals surface area contributed by atoms with E-state index >= 15 is 0 Å². The standard InChI is InChI=1S/C25H29N3O4/c1-3-4-14-25(19-10-6-5-7-11-19)23(30)28(24(31)26-25)17-22(29)27-15-8-9-18-16-20(32-2)12-13-21(18)27/h5-7,10-13,16H,3-4,8-9,14-15,17H2,1-2H3,(H,26,31). The predicted octanol–water partition coefficient (Wildman–Crippen LogP) is 3.61. The average molecular weight is 436 g/mol. The van der Waals surface area contributed by atoms with Crippen molar-refractivity contribution >= 4 is 23.5 Å². The smallest absolute Gasteiger partial charge is 0.325 e. The summed E-state index contributed by atoms with van der Waals surface area (Å²) in [4.78, 5) is 42.4. The lowest BCUT2D eigenvalue weighted by Crippen LogP contribution is -2.46. The third-order valence-corrected chi connectivity index (χ3v) is 6.35. The Bertz CT molecular complexity index is 1020. The average Bonchev–Trinajstić information content (AvgIpc) is 3.07. The van der Waals surface area contributed by atoms with Gasteiger partial charge in [0.2, 0.25) is 5.91 Å². The number of nitrogens with one attached hydrogen (secondary N) is 1. The number of unbranched alkanes of at least 4 members (excludes halogenated alkanes) is 1. The first-order valence-corrected chi connectivity index (χ1v) is 11.2. The third kappa shape index (κ3) is 3.83. The number of hydrogen-bond acceptors (Lipinski definition) is 4. The van der Waals surface area contributed by atoms with Gasteiger partial charge in [-0.2, -0.15) is 0 Å². The van der Waals surface area contributed by atoms with E-state index in [1.807, 2.05) is 55.5 Å². The van der Waals surface area contributed by atoms with Crippen LogP contribution in [0.15, 0.2) is 48.5 Å². The number of anilines is 1. The maximum atomic E-state index is 13.5. The van der Waals surface area contributed by atoms with E-state index < -0.39 is 11.6 Å². The lowest BCUT2D eigenvalue weighted by molar-refractivity contribution is -0.135. The summed E-state index contributed by atoms with van der Waals surface area (Å²) in [5.74, 6) is 0.122. The first-order valence-electron chi connectivity index (χ1n) is 11.2. The van der Waals surface area contributed by atoms with Gasteiger partial charge in [0.15, 0.2) is 0 Å². The Morgan fingerprint density at radius 3 is 2.66 bits per heavy atom. The summed E-state index contributed by atoms with van der Waals surface area (Å²) >= 11 is 0. The zero-order valence-electron chi connectivity index (χ0n) is 18.6. The molecule has 0 aliphatic carbocycles. The van der Waals surface area contributed by atoms with Gasteiger partial charge in [-0.05, 0) is 48.6 Å². The van der Waals surface area contributed by atoms with Gasteiger partial charge in [-0.25, -0.2) is 4.79 Å². The molecule has 4 rings (SSSR count). The van der Waals surface area contributed by atoms with Gasteiger partial charge in [0.1, 0.15) is 17.8 Å². The van der Waals surface area contributed by atoms with Crippen LogP contribution in [0.4, 0.5) is 10.5 Å². The summed E-state index contributed by atoms with van der Waals surface area (Å²) in [6, 6.07) is 14.4. The molecule has 0 aromatic heterocycles. The van der Waals surface area contributed by atoms with Crippen molar-refractivity contribution in [3.8, 4) is 5.75 Å². The van der Waals surface area contributed by atoms with E-state index in [0.29, 0.717) is 13.0 Å². The minimum absolute atomic E-state index is 0.265. The van der Waals surface area contributed by atoms with Gasteiger partial charge in [-0.1, -0.05) is 50.1 Å². The first kappa shape index (κ1) is 21.9. The molecule has 1 unspecified atom stereocenters. The summed E-state index contributed by atoms with van der Waals surface area (Å²) in [6.07, 6.45) is 3.84. The summed E-state index contributed by atoms with van der Waals surface area (Å²) in [5.41, 5.74) is 1.47. The fraction of sp³-hybridized carbons (Fsp3) is 0.400. The number of ether oxygens (including phenoxy) is 1. The minimum atomic E-state index is -1.12. The van der Waals surface area contributed by atoms with Crippen molar-refractivity contribution in [3.63, 3.8) is 0 Å². The summed E-state index contributed by atoms with van der Waals surface area (Å²) in [7, 11) is 1.61. The number of imide groups is 1. The zero-order chi connectivity index (χ0) is 22.7. The SMILES string of the molecule is CCCCC1(c2ccccc2)NC(=O)N(CC(=O)N2CCCc3cc(OC)ccc32)C1=O. The van der Waals surface area contributed by atoms with Crippen LogP contribution in [0, 0.1) is 0 Å². The number of fused-ring (bicyclic) bond motifs is 1. The van der Waals surface area contributed by atoms with Crippen LogP contribution in [-0.4, -0.2) is 42.9 Å². The molecule has 0 saturated carbocycles. The van der Waals surface area contributed by atoms with E-state index in [2.05, 4.69) is 5.32 Å². The second-order valence-corrected chi connectivity index (χ2v) is 8.34. The van der Waals surface area contributed by atoms with Crippen molar-refractivity contribution in [2.24, 2.45) is 0 Å². The van der Waals surface area contributed by atoms with Crippen LogP contribution in [0.3, 0.4) is 0 Å². The highest BCUT2D eigenvalue weighted by molar-refractivity contribution is 6.10. The fourth-order valence-electron chi connectivity index (χ4n) is 4.62. The van der Waals surface area contributed by atoms with Gasteiger partial charge in [0.25, 0.3) is 5.91 Å². The van der Waals surface area contributed by atoms with E-state index in [1.54, 1.807) is 12.0 Å². The number of amides is 4. The summed E-state index contributed by atoms with van der Waals surface area (Å²) < 4.78 is 5.30. The van der Waals surface area contributed by atoms with Crippen molar-refractivity contribution in [2.75, 3.05) is 25.1 Å². The Morgan fingerprint density at radius 2 is 1.94 bits per heavy atom. The zero-order valence-corrected chi connectivity index (χ0v) is 18.6. The van der Waals surface area contributed by atoms with Gasteiger partial charge in [0.05, 0.1) is 7.11 Å². The molecule has 2 aliphatic rings. The Hall–Kier alpha value is -3.35. The Labute approximate surface area is 188 Å². The van der Waals surface area contributed by atoms with Crippen LogP contribution in [-0.2, 0) is 21.5 Å². The van der Waals surface area contributed by atoms with Crippen molar-refractivity contribution in [2.45, 2.75) is 44.6 Å². The van der Waals surface area contributed by atoms with Crippen LogP contribution in [0.25, 0.3) is 0 Å². The Balaban J connectivity index is 1.58. The molecule has 0 spiro atoms. The van der Waals surface area contributed by atoms with Crippen LogP contribution in [0.1, 0.15) is 43.7 Å². The van der Waals surface area contributed by atoms with Crippen LogP contribution >= 0.6 is 0 Å². The Morgan fingerprint density at radius 1 is 1.16 bits per heavy atom. The van der Waals surface area contributed by atoms with E-state index in [0.717, 1.165) is 53.1 Å². The lowest BCUT2D eigenvalue weighted by atomic mass is 9.85. The van der Waals surface area contributed by atoms with Crippen LogP contribution < -0.4 is 15.0 Å². The highest BCUT2D eigenvalue weighted by atomic mass is 16.5. The topological polar surface area (TPSA) is 79.0 Å². The molecule has 2 aromatic rings. The highest BCUT2D eigenvalue weighted by Gasteiger charge is 2.52. The molecule has 0 bridgehead atoms. The van der Waals surface area contributed by atoms with Gasteiger partial charge in [-0.3, -0.25) is 14.5 Å². The number of hydrogen-bond donors (Lipinski definition) is 1. The summed E-state index contributed by atoms with van der Waals surface area (Å²) in [5, 5.41) is 2.91. The molecule has 1 atom stereocenters. The van der Waals surface area contributed by atoms with Gasteiger partial charge >= 0.3 is 6.03 Å². The molecule has 2 heterocycles. The Kier molecular flexibility index (Phi) is 6.17. The molecular formula is C25H29N3O4. The minimum Gasteiger partial charge on any atom is -0.497 e. The molecule has 1 saturated heterocycles. The second-order valence-electron chi connectivity index (χ2n) is 8.34. The molecular weight excluding hydrogens is 406 g/mol. The quantitative estimate of drug-likeness (QED) is 0.674. The molecule has 32 heavy (non-hydrogen) atoms. The number of aryl methyl sites for hydroxylation is 1. The van der Waals surface area contributed by atoms with E-state index in [9.17, 15) is 14.4 Å². The monoisotopic (exact) mass is 435 g/mol. The molecule has 7 nitrogen and oxygen atoms in total. The van der Waals surface area contributed by atoms with Gasteiger partial charge in [0, 0.05) is 12.2 Å². The molecule has 168 valence electrons. The predicted molar refractivity (Wildman–Crippen MR) is 122 cm³/mol. The highest BCUT2D eigenvalue weighted by Crippen LogP contribution is 2.35. The third-order valence-electron chi connectivity index (χ3n) is 6.35. The van der Waals surface area contributed by atoms with Crippen molar-refractivity contribution in [1.82, 2.24) is 10.2 Å². The largest absolute Gasteiger partial charge is 0.497 e. The maximum Gasteiger partial charge on any atom is 0.325 e. The van der Waals surface area contributed by atoms with E-state index in [1.165, 1.54) is 0 Å². The van der Waals surface area contributed by atoms with Gasteiger partial charge < -0.3 is 15.0 Å². The fourth-order valence-corrected chi connectivity index (χ4v) is 4.62. The number of rotatable bonds is 7. The molecule has 4 amide bonds. The molecule has 1 fully saturated rings. The van der Waals surface area contributed by atoms with Crippen molar-refractivity contribution in [3.05, 3.63) is 59.7 Å². The van der Waals surface area contributed by atoms with E-state index in [4.69, 9.17) is 4.74 Å². The van der Waals surface area contributed by atoms with Crippen LogP contribution in [0.5, 0.6) is 5.75 Å². The number of nitrogens with zero attached hydrogens (tertiary/aromatic N) is 2. The lowest BCUT2D eigenvalue weighted by Gasteiger charge is -2.31. The number of methoxy groups -OCH3 is 1. The number of carbonyl (C=O) groups is 3. The second kappa shape index (κ2) is 9.02. The number of urea groups is 1. The molecule has 7 heteroatoms. The number of carbonyl (C=O) groups excluding carboxylic acids is 3. The maximum absolute atomic E-state index is 13.5. The van der Waals surface area contributed by atoms with E-state index in [-0.39, 0.29) is 18.4 Å². The molecule has 2 aliphatic heterocycles. The normalized spacial score (nSPS) is 20.2. The number of benzene rings is 2. The van der Waals surface area contributed by atoms with Gasteiger partial charge in [-0.15, -0.1) is 0 Å². The summed E-state index contributed by atoms with van der Waals surface area (Å²) in [6.45, 7) is 2.32. The molecule has 1 N–H and O–H groups in total. The van der Waals surface area contributed by atoms with Crippen molar-refractivity contribution < 1.29 is 19.1 Å². The van der Waals surface area contributed by atoms with Crippen LogP contribution in [0.2, 0.25) is 0 Å².